The highest BCUT2D eigenvalue weighted by Crippen LogP contribution is 2.69. The van der Waals surface area contributed by atoms with Crippen LogP contribution in [-0.2, 0) is 0 Å². The van der Waals surface area contributed by atoms with Crippen LogP contribution in [0.25, 0.3) is 0 Å². The van der Waals surface area contributed by atoms with Crippen molar-refractivity contribution in [1.82, 2.24) is 0 Å². The van der Waals surface area contributed by atoms with E-state index >= 15 is 0 Å². The number of aliphatic hydroxyl groups excluding tert-OH is 2. The minimum atomic E-state index is -4.65. The van der Waals surface area contributed by atoms with Gasteiger partial charge in [0.15, 0.2) is 5.60 Å². The molecule has 4 aliphatic carbocycles. The molecule has 0 aliphatic heterocycles. The van der Waals surface area contributed by atoms with Gasteiger partial charge in [0.2, 0.25) is 0 Å². The molecule has 0 radical (unpaired) electrons. The SMILES string of the molecule is C[C@]12CC[C@H](O)CC1=C[C@H](O)[C@@H]1[C@@H]2CC[C@@]2(C)[C@H]1CC[C@@]2(O)C(F)(F)F. The van der Waals surface area contributed by atoms with Gasteiger partial charge in [-0.25, -0.2) is 0 Å². The molecule has 0 heterocycles. The number of hydrogen-bond donors (Lipinski definition) is 3. The fourth-order valence-electron chi connectivity index (χ4n) is 7.11. The summed E-state index contributed by atoms with van der Waals surface area (Å²) in [5.41, 5.74) is -3.01. The lowest BCUT2D eigenvalue weighted by molar-refractivity contribution is -0.304. The van der Waals surface area contributed by atoms with Crippen LogP contribution >= 0.6 is 0 Å². The number of hydrogen-bond acceptors (Lipinski definition) is 3. The van der Waals surface area contributed by atoms with Crippen molar-refractivity contribution in [2.24, 2.45) is 28.6 Å². The average molecular weight is 374 g/mol. The summed E-state index contributed by atoms with van der Waals surface area (Å²) in [6.07, 6.45) is -1.06. The molecule has 0 bridgehead atoms. The van der Waals surface area contributed by atoms with Gasteiger partial charge in [0.1, 0.15) is 0 Å². The molecule has 26 heavy (non-hydrogen) atoms. The Morgan fingerprint density at radius 2 is 1.65 bits per heavy atom. The van der Waals surface area contributed by atoms with E-state index in [9.17, 15) is 28.5 Å². The quantitative estimate of drug-likeness (QED) is 0.568. The van der Waals surface area contributed by atoms with Crippen molar-refractivity contribution < 1.29 is 28.5 Å². The van der Waals surface area contributed by atoms with Gasteiger partial charge < -0.3 is 15.3 Å². The Kier molecular flexibility index (Phi) is 3.95. The fourth-order valence-corrected chi connectivity index (χ4v) is 7.11. The molecule has 3 saturated carbocycles. The number of fused-ring (bicyclic) bond motifs is 5. The van der Waals surface area contributed by atoms with E-state index in [-0.39, 0.29) is 29.6 Å². The lowest BCUT2D eigenvalue weighted by atomic mass is 9.46. The van der Waals surface area contributed by atoms with Gasteiger partial charge in [-0.15, -0.1) is 0 Å². The van der Waals surface area contributed by atoms with Crippen LogP contribution in [0, 0.1) is 28.6 Å². The summed E-state index contributed by atoms with van der Waals surface area (Å²) in [4.78, 5) is 0. The van der Waals surface area contributed by atoms with E-state index in [1.165, 1.54) is 0 Å². The average Bonchev–Trinajstić information content (AvgIpc) is 2.82. The predicted octanol–water partition coefficient (Wildman–Crippen LogP) is 3.57. The van der Waals surface area contributed by atoms with E-state index < -0.39 is 29.4 Å². The molecule has 0 aromatic rings. The molecule has 3 fully saturated rings. The third-order valence-corrected chi connectivity index (χ3v) is 8.72. The van der Waals surface area contributed by atoms with Crippen molar-refractivity contribution >= 4 is 0 Å². The van der Waals surface area contributed by atoms with E-state index in [4.69, 9.17) is 0 Å². The Balaban J connectivity index is 1.74. The number of rotatable bonds is 0. The van der Waals surface area contributed by atoms with Gasteiger partial charge in [-0.2, -0.15) is 13.2 Å². The van der Waals surface area contributed by atoms with Crippen LogP contribution in [0.2, 0.25) is 0 Å². The highest BCUT2D eigenvalue weighted by atomic mass is 19.4. The normalized spacial score (nSPS) is 54.2. The second-order valence-corrected chi connectivity index (χ2v) is 9.64. The summed E-state index contributed by atoms with van der Waals surface area (Å²) in [5, 5.41) is 31.5. The van der Waals surface area contributed by atoms with E-state index in [2.05, 4.69) is 6.92 Å². The maximum absolute atomic E-state index is 13.7. The van der Waals surface area contributed by atoms with Crippen LogP contribution in [0.4, 0.5) is 13.2 Å². The zero-order valence-corrected chi connectivity index (χ0v) is 15.4. The molecule has 3 nitrogen and oxygen atoms in total. The maximum atomic E-state index is 13.7. The van der Waals surface area contributed by atoms with Crippen molar-refractivity contribution in [3.63, 3.8) is 0 Å². The van der Waals surface area contributed by atoms with Crippen LogP contribution in [0.1, 0.15) is 58.8 Å². The van der Waals surface area contributed by atoms with Gasteiger partial charge in [0, 0.05) is 5.41 Å². The zero-order valence-electron chi connectivity index (χ0n) is 15.4. The summed E-state index contributed by atoms with van der Waals surface area (Å²) in [6.45, 7) is 3.73. The molecule has 8 atom stereocenters. The molecule has 0 amide bonds. The topological polar surface area (TPSA) is 60.7 Å². The van der Waals surface area contributed by atoms with Crippen LogP contribution in [0.5, 0.6) is 0 Å². The molecule has 4 rings (SSSR count). The van der Waals surface area contributed by atoms with Gasteiger partial charge in [0.25, 0.3) is 0 Å². The molecule has 0 aromatic heterocycles. The third-order valence-electron chi connectivity index (χ3n) is 8.72. The van der Waals surface area contributed by atoms with Crippen molar-refractivity contribution in [2.45, 2.75) is 82.8 Å². The number of aliphatic hydroxyl groups is 3. The second-order valence-electron chi connectivity index (χ2n) is 9.64. The summed E-state index contributed by atoms with van der Waals surface area (Å²) in [7, 11) is 0. The largest absolute Gasteiger partial charge is 0.417 e. The van der Waals surface area contributed by atoms with Crippen molar-refractivity contribution in [2.75, 3.05) is 0 Å². The van der Waals surface area contributed by atoms with Crippen LogP contribution < -0.4 is 0 Å². The van der Waals surface area contributed by atoms with E-state index in [1.54, 1.807) is 13.0 Å². The lowest BCUT2D eigenvalue weighted by Crippen LogP contribution is -2.61. The zero-order chi connectivity index (χ0) is 19.1. The predicted molar refractivity (Wildman–Crippen MR) is 90.1 cm³/mol. The highest BCUT2D eigenvalue weighted by molar-refractivity contribution is 5.29. The minimum Gasteiger partial charge on any atom is -0.393 e. The molecule has 0 spiro atoms. The molecule has 0 unspecified atom stereocenters. The summed E-state index contributed by atoms with van der Waals surface area (Å²) < 4.78 is 41.2. The number of halogens is 3. The molecule has 6 heteroatoms. The standard InChI is InChI=1S/C20H29F3O3/c1-17-6-3-12(24)9-11(17)10-15(25)16-13(17)4-7-18(2)14(16)5-8-19(18,26)20(21,22)23/h10,12-16,24-26H,3-9H2,1-2H3/t12-,13-,14-,15-,16+,17-,18-,19-/m0/s1. The smallest absolute Gasteiger partial charge is 0.393 e. The fraction of sp³-hybridized carbons (Fsp3) is 0.900. The van der Waals surface area contributed by atoms with Crippen molar-refractivity contribution in [3.8, 4) is 0 Å². The van der Waals surface area contributed by atoms with Crippen molar-refractivity contribution in [3.05, 3.63) is 11.6 Å². The lowest BCUT2D eigenvalue weighted by Gasteiger charge is -2.60. The molecule has 0 aromatic carbocycles. The Morgan fingerprint density at radius 1 is 1.00 bits per heavy atom. The van der Waals surface area contributed by atoms with E-state index in [0.29, 0.717) is 32.1 Å². The molecule has 3 N–H and O–H groups in total. The summed E-state index contributed by atoms with van der Waals surface area (Å²) in [6, 6.07) is 0. The first-order valence-electron chi connectivity index (χ1n) is 9.80. The molecule has 148 valence electrons. The molecular formula is C20H29F3O3. The Labute approximate surface area is 152 Å². The second kappa shape index (κ2) is 5.48. The van der Waals surface area contributed by atoms with Crippen molar-refractivity contribution in [1.29, 1.82) is 0 Å². The monoisotopic (exact) mass is 374 g/mol. The molecule has 4 aliphatic rings. The van der Waals surface area contributed by atoms with Gasteiger partial charge in [-0.1, -0.05) is 25.5 Å². The maximum Gasteiger partial charge on any atom is 0.417 e. The first-order valence-corrected chi connectivity index (χ1v) is 9.80. The third kappa shape index (κ3) is 2.18. The Bertz CT molecular complexity index is 632. The van der Waals surface area contributed by atoms with E-state index in [0.717, 1.165) is 12.0 Å². The highest BCUT2D eigenvalue weighted by Gasteiger charge is 2.73. The first-order chi connectivity index (χ1) is 11.9. The Morgan fingerprint density at radius 3 is 2.31 bits per heavy atom. The van der Waals surface area contributed by atoms with Gasteiger partial charge in [-0.05, 0) is 68.1 Å². The number of alkyl halides is 3. The van der Waals surface area contributed by atoms with Gasteiger partial charge in [-0.3, -0.25) is 0 Å². The Hall–Kier alpha value is -0.590. The van der Waals surface area contributed by atoms with Crippen LogP contribution in [-0.4, -0.2) is 39.3 Å². The van der Waals surface area contributed by atoms with E-state index in [1.807, 2.05) is 0 Å². The van der Waals surface area contributed by atoms with Crippen LogP contribution in [0.15, 0.2) is 11.6 Å². The van der Waals surface area contributed by atoms with Gasteiger partial charge in [0.05, 0.1) is 12.2 Å². The summed E-state index contributed by atoms with van der Waals surface area (Å²) >= 11 is 0. The van der Waals surface area contributed by atoms with Crippen LogP contribution in [0.3, 0.4) is 0 Å². The molecule has 0 saturated heterocycles. The molecular weight excluding hydrogens is 345 g/mol. The summed E-state index contributed by atoms with van der Waals surface area (Å²) in [5.74, 6) is -0.489. The first kappa shape index (κ1) is 18.8. The van der Waals surface area contributed by atoms with Gasteiger partial charge >= 0.3 is 6.18 Å². The minimum absolute atomic E-state index is 0.110.